The molecule has 0 aliphatic carbocycles. The van der Waals surface area contributed by atoms with Crippen molar-refractivity contribution in [3.8, 4) is 0 Å². The van der Waals surface area contributed by atoms with Crippen molar-refractivity contribution in [1.82, 2.24) is 0 Å². The fourth-order valence-electron chi connectivity index (χ4n) is 2.20. The molecule has 0 aromatic heterocycles. The minimum Gasteiger partial charge on any atom is -0.380 e. The maximum atomic E-state index is 5.88. The van der Waals surface area contributed by atoms with E-state index in [4.69, 9.17) is 10.5 Å². The van der Waals surface area contributed by atoms with Crippen molar-refractivity contribution in [3.63, 3.8) is 0 Å². The van der Waals surface area contributed by atoms with Gasteiger partial charge < -0.3 is 15.4 Å². The summed E-state index contributed by atoms with van der Waals surface area (Å²) >= 11 is 3.63. The first-order chi connectivity index (χ1) is 8.11. The van der Waals surface area contributed by atoms with Gasteiger partial charge in [0, 0.05) is 30.7 Å². The molecular formula is C13H19BrN2O. The molecule has 2 rings (SSSR count). The van der Waals surface area contributed by atoms with Gasteiger partial charge in [-0.05, 0) is 47.0 Å². The SMILES string of the molecule is COC1CCN(c2ccc([C@@H](C)N)cc2Br)C1. The number of nitrogens with zero attached hydrogens (tertiary/aromatic N) is 1. The zero-order valence-corrected chi connectivity index (χ0v) is 11.9. The third-order valence-electron chi connectivity index (χ3n) is 3.32. The summed E-state index contributed by atoms with van der Waals surface area (Å²) in [5, 5.41) is 0. The van der Waals surface area contributed by atoms with Gasteiger partial charge in [0.1, 0.15) is 0 Å². The van der Waals surface area contributed by atoms with Crippen LogP contribution in [0.5, 0.6) is 0 Å². The smallest absolute Gasteiger partial charge is 0.0762 e. The number of ether oxygens (including phenoxy) is 1. The molecule has 0 spiro atoms. The molecule has 17 heavy (non-hydrogen) atoms. The van der Waals surface area contributed by atoms with E-state index >= 15 is 0 Å². The Morgan fingerprint density at radius 2 is 2.29 bits per heavy atom. The normalized spacial score (nSPS) is 21.9. The molecule has 0 saturated carbocycles. The molecule has 2 N–H and O–H groups in total. The maximum Gasteiger partial charge on any atom is 0.0762 e. The van der Waals surface area contributed by atoms with E-state index in [-0.39, 0.29) is 6.04 Å². The number of nitrogens with two attached hydrogens (primary N) is 1. The third kappa shape index (κ3) is 2.81. The Kier molecular flexibility index (Phi) is 4.07. The van der Waals surface area contributed by atoms with Gasteiger partial charge >= 0.3 is 0 Å². The van der Waals surface area contributed by atoms with Crippen LogP contribution in [-0.4, -0.2) is 26.3 Å². The van der Waals surface area contributed by atoms with Crippen LogP contribution < -0.4 is 10.6 Å². The summed E-state index contributed by atoms with van der Waals surface area (Å²) in [5.74, 6) is 0. The molecule has 1 aliphatic rings. The first-order valence-corrected chi connectivity index (χ1v) is 6.74. The lowest BCUT2D eigenvalue weighted by molar-refractivity contribution is 0.121. The minimum atomic E-state index is 0.0747. The van der Waals surface area contributed by atoms with Crippen LogP contribution in [-0.2, 0) is 4.74 Å². The van der Waals surface area contributed by atoms with Gasteiger partial charge in [0.15, 0.2) is 0 Å². The standard InChI is InChI=1S/C13H19BrN2O/c1-9(15)10-3-4-13(12(14)7-10)16-6-5-11(8-16)17-2/h3-4,7,9,11H,5-6,8,15H2,1-2H3/t9-,11?/m1/s1. The summed E-state index contributed by atoms with van der Waals surface area (Å²) in [6.07, 6.45) is 1.45. The monoisotopic (exact) mass is 298 g/mol. The molecule has 1 aromatic rings. The molecule has 1 heterocycles. The molecule has 1 fully saturated rings. The number of benzene rings is 1. The predicted molar refractivity (Wildman–Crippen MR) is 74.4 cm³/mol. The van der Waals surface area contributed by atoms with E-state index in [1.165, 1.54) is 5.69 Å². The van der Waals surface area contributed by atoms with Crippen molar-refractivity contribution in [1.29, 1.82) is 0 Å². The van der Waals surface area contributed by atoms with Gasteiger partial charge in [-0.1, -0.05) is 6.07 Å². The molecule has 0 radical (unpaired) electrons. The van der Waals surface area contributed by atoms with E-state index in [1.807, 2.05) is 6.92 Å². The molecule has 4 heteroatoms. The number of halogens is 1. The Balaban J connectivity index is 2.17. The summed E-state index contributed by atoms with van der Waals surface area (Å²) in [4.78, 5) is 2.35. The second-order valence-corrected chi connectivity index (χ2v) is 5.45. The zero-order chi connectivity index (χ0) is 12.4. The summed E-state index contributed by atoms with van der Waals surface area (Å²) in [7, 11) is 1.78. The fourth-order valence-corrected chi connectivity index (χ4v) is 2.85. The summed E-state index contributed by atoms with van der Waals surface area (Å²) in [5.41, 5.74) is 8.26. The van der Waals surface area contributed by atoms with Crippen LogP contribution >= 0.6 is 15.9 Å². The Bertz CT molecular complexity index is 395. The average Bonchev–Trinajstić information content (AvgIpc) is 2.77. The van der Waals surface area contributed by atoms with Gasteiger partial charge in [-0.2, -0.15) is 0 Å². The van der Waals surface area contributed by atoms with Gasteiger partial charge in [-0.25, -0.2) is 0 Å². The van der Waals surface area contributed by atoms with Gasteiger partial charge in [-0.15, -0.1) is 0 Å². The van der Waals surface area contributed by atoms with E-state index < -0.39 is 0 Å². The van der Waals surface area contributed by atoms with Crippen molar-refractivity contribution in [3.05, 3.63) is 28.2 Å². The number of methoxy groups -OCH3 is 1. The predicted octanol–water partition coefficient (Wildman–Crippen LogP) is 2.69. The lowest BCUT2D eigenvalue weighted by Gasteiger charge is -2.21. The first-order valence-electron chi connectivity index (χ1n) is 5.94. The van der Waals surface area contributed by atoms with Crippen molar-refractivity contribution in [2.45, 2.75) is 25.5 Å². The van der Waals surface area contributed by atoms with Crippen LogP contribution in [0.4, 0.5) is 5.69 Å². The Morgan fingerprint density at radius 1 is 1.53 bits per heavy atom. The fraction of sp³-hybridized carbons (Fsp3) is 0.538. The van der Waals surface area contributed by atoms with E-state index in [9.17, 15) is 0 Å². The van der Waals surface area contributed by atoms with Crippen LogP contribution in [0.25, 0.3) is 0 Å². The molecule has 0 bridgehead atoms. The lowest BCUT2D eigenvalue weighted by atomic mass is 10.1. The maximum absolute atomic E-state index is 5.88. The molecule has 3 nitrogen and oxygen atoms in total. The number of rotatable bonds is 3. The Morgan fingerprint density at radius 3 is 2.82 bits per heavy atom. The first kappa shape index (κ1) is 12.9. The number of hydrogen-bond donors (Lipinski definition) is 1. The summed E-state index contributed by atoms with van der Waals surface area (Å²) in [6.45, 7) is 4.01. The molecule has 94 valence electrons. The lowest BCUT2D eigenvalue weighted by Crippen LogP contribution is -2.22. The molecular weight excluding hydrogens is 280 g/mol. The van der Waals surface area contributed by atoms with Crippen molar-refractivity contribution < 1.29 is 4.74 Å². The summed E-state index contributed by atoms with van der Waals surface area (Å²) in [6, 6.07) is 6.43. The average molecular weight is 299 g/mol. The molecule has 1 aromatic carbocycles. The van der Waals surface area contributed by atoms with E-state index in [0.717, 1.165) is 29.5 Å². The zero-order valence-electron chi connectivity index (χ0n) is 10.3. The summed E-state index contributed by atoms with van der Waals surface area (Å²) < 4.78 is 6.50. The Hall–Kier alpha value is -0.580. The molecule has 1 saturated heterocycles. The van der Waals surface area contributed by atoms with E-state index in [2.05, 4.69) is 39.0 Å². The molecule has 0 amide bonds. The van der Waals surface area contributed by atoms with Crippen molar-refractivity contribution in [2.24, 2.45) is 5.73 Å². The molecule has 2 atom stereocenters. The van der Waals surface area contributed by atoms with Crippen LogP contribution in [0.1, 0.15) is 24.9 Å². The van der Waals surface area contributed by atoms with Crippen molar-refractivity contribution in [2.75, 3.05) is 25.1 Å². The molecule has 1 aliphatic heterocycles. The van der Waals surface area contributed by atoms with Gasteiger partial charge in [0.2, 0.25) is 0 Å². The highest BCUT2D eigenvalue weighted by atomic mass is 79.9. The van der Waals surface area contributed by atoms with Crippen LogP contribution in [0.15, 0.2) is 22.7 Å². The minimum absolute atomic E-state index is 0.0747. The van der Waals surface area contributed by atoms with E-state index in [0.29, 0.717) is 6.10 Å². The van der Waals surface area contributed by atoms with Gasteiger partial charge in [0.05, 0.1) is 11.8 Å². The quantitative estimate of drug-likeness (QED) is 0.932. The topological polar surface area (TPSA) is 38.5 Å². The second kappa shape index (κ2) is 5.38. The molecule has 1 unspecified atom stereocenters. The van der Waals surface area contributed by atoms with Crippen LogP contribution in [0, 0.1) is 0 Å². The Labute approximate surface area is 111 Å². The van der Waals surface area contributed by atoms with Crippen LogP contribution in [0.2, 0.25) is 0 Å². The number of hydrogen-bond acceptors (Lipinski definition) is 3. The highest BCUT2D eigenvalue weighted by Gasteiger charge is 2.23. The highest BCUT2D eigenvalue weighted by molar-refractivity contribution is 9.10. The third-order valence-corrected chi connectivity index (χ3v) is 3.95. The van der Waals surface area contributed by atoms with Crippen LogP contribution in [0.3, 0.4) is 0 Å². The van der Waals surface area contributed by atoms with Gasteiger partial charge in [0.25, 0.3) is 0 Å². The highest BCUT2D eigenvalue weighted by Crippen LogP contribution is 2.31. The van der Waals surface area contributed by atoms with Crippen molar-refractivity contribution >= 4 is 21.6 Å². The van der Waals surface area contributed by atoms with E-state index in [1.54, 1.807) is 7.11 Å². The van der Waals surface area contributed by atoms with Gasteiger partial charge in [-0.3, -0.25) is 0 Å². The number of anilines is 1. The second-order valence-electron chi connectivity index (χ2n) is 4.59. The largest absolute Gasteiger partial charge is 0.380 e.